The SMILES string of the molecule is CCCN(CC(=O)OC)C(CC#N)c1ccccc1. The summed E-state index contributed by atoms with van der Waals surface area (Å²) in [6.07, 6.45) is 1.28. The van der Waals surface area contributed by atoms with Crippen molar-refractivity contribution in [2.75, 3.05) is 20.2 Å². The Morgan fingerprint density at radius 2 is 2.11 bits per heavy atom. The zero-order valence-electron chi connectivity index (χ0n) is 11.5. The van der Waals surface area contributed by atoms with Gasteiger partial charge in [0.25, 0.3) is 0 Å². The molecule has 0 bridgehead atoms. The molecule has 0 aliphatic carbocycles. The molecule has 4 heteroatoms. The summed E-state index contributed by atoms with van der Waals surface area (Å²) in [4.78, 5) is 13.5. The average Bonchev–Trinajstić information content (AvgIpc) is 2.45. The minimum Gasteiger partial charge on any atom is -0.468 e. The Labute approximate surface area is 114 Å². The summed E-state index contributed by atoms with van der Waals surface area (Å²) in [5, 5.41) is 9.01. The van der Waals surface area contributed by atoms with E-state index in [0.717, 1.165) is 18.5 Å². The van der Waals surface area contributed by atoms with E-state index in [1.54, 1.807) is 0 Å². The minimum atomic E-state index is -0.271. The molecule has 0 N–H and O–H groups in total. The predicted molar refractivity (Wildman–Crippen MR) is 73.3 cm³/mol. The molecule has 1 unspecified atom stereocenters. The van der Waals surface area contributed by atoms with Gasteiger partial charge in [0, 0.05) is 6.04 Å². The molecular formula is C15H20N2O2. The summed E-state index contributed by atoms with van der Waals surface area (Å²) in [6.45, 7) is 3.03. The van der Waals surface area contributed by atoms with Crippen molar-refractivity contribution in [3.05, 3.63) is 35.9 Å². The molecule has 0 heterocycles. The number of ether oxygens (including phenoxy) is 1. The molecule has 0 amide bonds. The summed E-state index contributed by atoms with van der Waals surface area (Å²) in [5.41, 5.74) is 1.06. The van der Waals surface area contributed by atoms with Crippen LogP contribution in [-0.2, 0) is 9.53 Å². The van der Waals surface area contributed by atoms with E-state index in [2.05, 4.69) is 13.0 Å². The Kier molecular flexibility index (Phi) is 6.62. The Hall–Kier alpha value is -1.86. The van der Waals surface area contributed by atoms with Gasteiger partial charge in [-0.1, -0.05) is 37.3 Å². The summed E-state index contributed by atoms with van der Waals surface area (Å²) in [7, 11) is 1.38. The molecule has 102 valence electrons. The van der Waals surface area contributed by atoms with Crippen LogP contribution >= 0.6 is 0 Å². The van der Waals surface area contributed by atoms with Gasteiger partial charge in [-0.2, -0.15) is 5.26 Å². The number of nitrogens with zero attached hydrogens (tertiary/aromatic N) is 2. The highest BCUT2D eigenvalue weighted by Crippen LogP contribution is 2.24. The third-order valence-corrected chi connectivity index (χ3v) is 2.98. The summed E-state index contributed by atoms with van der Waals surface area (Å²) >= 11 is 0. The number of esters is 1. The van der Waals surface area contributed by atoms with Gasteiger partial charge in [0.05, 0.1) is 26.1 Å². The number of benzene rings is 1. The van der Waals surface area contributed by atoms with E-state index in [4.69, 9.17) is 10.00 Å². The first-order chi connectivity index (χ1) is 9.22. The van der Waals surface area contributed by atoms with Crippen LogP contribution in [0.5, 0.6) is 0 Å². The monoisotopic (exact) mass is 260 g/mol. The molecule has 0 saturated carbocycles. The molecular weight excluding hydrogens is 240 g/mol. The second kappa shape index (κ2) is 8.28. The number of methoxy groups -OCH3 is 1. The molecule has 0 aliphatic rings. The van der Waals surface area contributed by atoms with Gasteiger partial charge >= 0.3 is 5.97 Å². The predicted octanol–water partition coefficient (Wildman–Crippen LogP) is 2.53. The molecule has 0 saturated heterocycles. The first-order valence-corrected chi connectivity index (χ1v) is 6.45. The third kappa shape index (κ3) is 4.72. The van der Waals surface area contributed by atoms with Crippen molar-refractivity contribution < 1.29 is 9.53 Å². The molecule has 4 nitrogen and oxygen atoms in total. The maximum Gasteiger partial charge on any atom is 0.319 e. The lowest BCUT2D eigenvalue weighted by atomic mass is 10.0. The molecule has 1 atom stereocenters. The van der Waals surface area contributed by atoms with Crippen molar-refractivity contribution in [3.8, 4) is 6.07 Å². The smallest absolute Gasteiger partial charge is 0.319 e. The standard InChI is InChI=1S/C15H20N2O2/c1-3-11-17(12-15(18)19-2)14(9-10-16)13-7-5-4-6-8-13/h4-8,14H,3,9,11-12H2,1-2H3. The fourth-order valence-electron chi connectivity index (χ4n) is 2.08. The lowest BCUT2D eigenvalue weighted by Crippen LogP contribution is -2.35. The Balaban J connectivity index is 2.92. The average molecular weight is 260 g/mol. The maximum absolute atomic E-state index is 11.5. The molecule has 1 aromatic carbocycles. The highest BCUT2D eigenvalue weighted by atomic mass is 16.5. The molecule has 0 spiro atoms. The quantitative estimate of drug-likeness (QED) is 0.707. The second-order valence-corrected chi connectivity index (χ2v) is 4.34. The van der Waals surface area contributed by atoms with Gasteiger partial charge < -0.3 is 4.74 Å². The molecule has 19 heavy (non-hydrogen) atoms. The lowest BCUT2D eigenvalue weighted by Gasteiger charge is -2.29. The normalized spacial score (nSPS) is 11.9. The van der Waals surface area contributed by atoms with Gasteiger partial charge in [0.15, 0.2) is 0 Å². The molecule has 0 aliphatic heterocycles. The lowest BCUT2D eigenvalue weighted by molar-refractivity contribution is -0.142. The van der Waals surface area contributed by atoms with Crippen molar-refractivity contribution >= 4 is 5.97 Å². The number of hydrogen-bond donors (Lipinski definition) is 0. The second-order valence-electron chi connectivity index (χ2n) is 4.34. The summed E-state index contributed by atoms with van der Waals surface area (Å²) < 4.78 is 4.73. The van der Waals surface area contributed by atoms with Crippen LogP contribution in [-0.4, -0.2) is 31.1 Å². The highest BCUT2D eigenvalue weighted by molar-refractivity contribution is 5.71. The first-order valence-electron chi connectivity index (χ1n) is 6.45. The molecule has 1 rings (SSSR count). The zero-order chi connectivity index (χ0) is 14.1. The minimum absolute atomic E-state index is 0.0646. The van der Waals surface area contributed by atoms with Crippen molar-refractivity contribution in [3.63, 3.8) is 0 Å². The fourth-order valence-corrected chi connectivity index (χ4v) is 2.08. The van der Waals surface area contributed by atoms with Crippen LogP contribution in [0.2, 0.25) is 0 Å². The van der Waals surface area contributed by atoms with Gasteiger partial charge in [-0.05, 0) is 18.5 Å². The zero-order valence-corrected chi connectivity index (χ0v) is 11.5. The van der Waals surface area contributed by atoms with Crippen LogP contribution in [0.4, 0.5) is 0 Å². The van der Waals surface area contributed by atoms with Crippen LogP contribution in [0.25, 0.3) is 0 Å². The highest BCUT2D eigenvalue weighted by Gasteiger charge is 2.22. The van der Waals surface area contributed by atoms with Crippen molar-refractivity contribution in [1.82, 2.24) is 4.90 Å². The van der Waals surface area contributed by atoms with E-state index in [0.29, 0.717) is 6.42 Å². The molecule has 1 aromatic rings. The Bertz CT molecular complexity index is 426. The number of carbonyl (C=O) groups is 1. The van der Waals surface area contributed by atoms with Gasteiger partial charge in [-0.3, -0.25) is 9.69 Å². The fraction of sp³-hybridized carbons (Fsp3) is 0.467. The number of carbonyl (C=O) groups excluding carboxylic acids is 1. The summed E-state index contributed by atoms with van der Waals surface area (Å²) in [6, 6.07) is 11.9. The van der Waals surface area contributed by atoms with Gasteiger partial charge in [0.1, 0.15) is 0 Å². The van der Waals surface area contributed by atoms with Gasteiger partial charge in [-0.25, -0.2) is 0 Å². The molecule has 0 aromatic heterocycles. The third-order valence-electron chi connectivity index (χ3n) is 2.98. The van der Waals surface area contributed by atoms with E-state index in [1.807, 2.05) is 35.2 Å². The van der Waals surface area contributed by atoms with E-state index < -0.39 is 0 Å². The van der Waals surface area contributed by atoms with Crippen LogP contribution < -0.4 is 0 Å². The Morgan fingerprint density at radius 1 is 1.42 bits per heavy atom. The van der Waals surface area contributed by atoms with Crippen molar-refractivity contribution in [1.29, 1.82) is 5.26 Å². The molecule has 0 fully saturated rings. The van der Waals surface area contributed by atoms with E-state index in [1.165, 1.54) is 7.11 Å². The largest absolute Gasteiger partial charge is 0.468 e. The van der Waals surface area contributed by atoms with Gasteiger partial charge in [0.2, 0.25) is 0 Å². The maximum atomic E-state index is 11.5. The van der Waals surface area contributed by atoms with Crippen molar-refractivity contribution in [2.45, 2.75) is 25.8 Å². The number of hydrogen-bond acceptors (Lipinski definition) is 4. The first kappa shape index (κ1) is 15.2. The Morgan fingerprint density at radius 3 is 2.63 bits per heavy atom. The van der Waals surface area contributed by atoms with Crippen LogP contribution in [0.15, 0.2) is 30.3 Å². The van der Waals surface area contributed by atoms with Crippen LogP contribution in [0.3, 0.4) is 0 Å². The number of nitriles is 1. The topological polar surface area (TPSA) is 53.3 Å². The van der Waals surface area contributed by atoms with Crippen molar-refractivity contribution in [2.24, 2.45) is 0 Å². The van der Waals surface area contributed by atoms with Crippen LogP contribution in [0, 0.1) is 11.3 Å². The van der Waals surface area contributed by atoms with Gasteiger partial charge in [-0.15, -0.1) is 0 Å². The van der Waals surface area contributed by atoms with Crippen LogP contribution in [0.1, 0.15) is 31.4 Å². The number of rotatable bonds is 7. The summed E-state index contributed by atoms with van der Waals surface area (Å²) in [5.74, 6) is -0.271. The van der Waals surface area contributed by atoms with E-state index in [9.17, 15) is 4.79 Å². The van der Waals surface area contributed by atoms with E-state index >= 15 is 0 Å². The van der Waals surface area contributed by atoms with E-state index in [-0.39, 0.29) is 18.6 Å². The molecule has 0 radical (unpaired) electrons.